The SMILES string of the molecule is CCOCCC(C)(N)c1ccccc1. The summed E-state index contributed by atoms with van der Waals surface area (Å²) in [6.07, 6.45) is 0.852. The van der Waals surface area contributed by atoms with Crippen molar-refractivity contribution in [3.63, 3.8) is 0 Å². The molecule has 0 aliphatic heterocycles. The van der Waals surface area contributed by atoms with Crippen molar-refractivity contribution in [3.05, 3.63) is 35.9 Å². The Labute approximate surface area is 86.1 Å². The van der Waals surface area contributed by atoms with E-state index in [1.54, 1.807) is 0 Å². The molecule has 2 N–H and O–H groups in total. The normalized spacial score (nSPS) is 15.1. The average Bonchev–Trinajstić information content (AvgIpc) is 2.19. The number of hydrogen-bond acceptors (Lipinski definition) is 2. The summed E-state index contributed by atoms with van der Waals surface area (Å²) in [5.41, 5.74) is 7.08. The Morgan fingerprint density at radius 3 is 2.50 bits per heavy atom. The summed E-state index contributed by atoms with van der Waals surface area (Å²) in [6, 6.07) is 10.2. The van der Waals surface area contributed by atoms with E-state index in [9.17, 15) is 0 Å². The van der Waals surface area contributed by atoms with Crippen LogP contribution in [0.5, 0.6) is 0 Å². The number of ether oxygens (including phenoxy) is 1. The van der Waals surface area contributed by atoms with Crippen molar-refractivity contribution in [2.24, 2.45) is 5.73 Å². The summed E-state index contributed by atoms with van der Waals surface area (Å²) < 4.78 is 5.31. The number of rotatable bonds is 5. The fraction of sp³-hybridized carbons (Fsp3) is 0.500. The van der Waals surface area contributed by atoms with Gasteiger partial charge in [0, 0.05) is 18.8 Å². The van der Waals surface area contributed by atoms with Crippen molar-refractivity contribution in [2.75, 3.05) is 13.2 Å². The van der Waals surface area contributed by atoms with Crippen molar-refractivity contribution in [3.8, 4) is 0 Å². The molecule has 0 aliphatic carbocycles. The smallest absolute Gasteiger partial charge is 0.0486 e. The van der Waals surface area contributed by atoms with Gasteiger partial charge in [-0.05, 0) is 25.8 Å². The Balaban J connectivity index is 2.56. The molecule has 0 amide bonds. The summed E-state index contributed by atoms with van der Waals surface area (Å²) in [4.78, 5) is 0. The van der Waals surface area contributed by atoms with Crippen LogP contribution in [0.4, 0.5) is 0 Å². The Hall–Kier alpha value is -0.860. The van der Waals surface area contributed by atoms with E-state index in [2.05, 4.69) is 12.1 Å². The van der Waals surface area contributed by atoms with Crippen LogP contribution in [-0.4, -0.2) is 13.2 Å². The van der Waals surface area contributed by atoms with E-state index in [1.165, 1.54) is 5.56 Å². The van der Waals surface area contributed by atoms with Gasteiger partial charge in [0.25, 0.3) is 0 Å². The minimum atomic E-state index is -0.281. The molecule has 2 nitrogen and oxygen atoms in total. The first-order valence-corrected chi connectivity index (χ1v) is 5.09. The highest BCUT2D eigenvalue weighted by atomic mass is 16.5. The molecule has 2 heteroatoms. The quantitative estimate of drug-likeness (QED) is 0.728. The molecule has 78 valence electrons. The van der Waals surface area contributed by atoms with E-state index >= 15 is 0 Å². The lowest BCUT2D eigenvalue weighted by molar-refractivity contribution is 0.128. The molecular weight excluding hydrogens is 174 g/mol. The number of hydrogen-bond donors (Lipinski definition) is 1. The van der Waals surface area contributed by atoms with E-state index < -0.39 is 0 Å². The maximum absolute atomic E-state index is 6.20. The lowest BCUT2D eigenvalue weighted by atomic mass is 9.90. The van der Waals surface area contributed by atoms with Crippen LogP contribution in [0.25, 0.3) is 0 Å². The minimum absolute atomic E-state index is 0.281. The van der Waals surface area contributed by atoms with Crippen LogP contribution in [0.15, 0.2) is 30.3 Å². The zero-order chi connectivity index (χ0) is 10.4. The molecule has 0 bridgehead atoms. The van der Waals surface area contributed by atoms with E-state index in [-0.39, 0.29) is 5.54 Å². The van der Waals surface area contributed by atoms with Crippen LogP contribution < -0.4 is 5.73 Å². The van der Waals surface area contributed by atoms with Gasteiger partial charge in [-0.15, -0.1) is 0 Å². The summed E-state index contributed by atoms with van der Waals surface area (Å²) in [5, 5.41) is 0. The lowest BCUT2D eigenvalue weighted by Crippen LogP contribution is -2.34. The molecule has 0 fully saturated rings. The van der Waals surface area contributed by atoms with Crippen molar-refractivity contribution < 1.29 is 4.74 Å². The van der Waals surface area contributed by atoms with Crippen molar-refractivity contribution in [1.29, 1.82) is 0 Å². The maximum Gasteiger partial charge on any atom is 0.0486 e. The Morgan fingerprint density at radius 1 is 1.29 bits per heavy atom. The van der Waals surface area contributed by atoms with Gasteiger partial charge < -0.3 is 10.5 Å². The Morgan fingerprint density at radius 2 is 1.93 bits per heavy atom. The predicted molar refractivity (Wildman–Crippen MR) is 59.1 cm³/mol. The molecule has 0 saturated heterocycles. The summed E-state index contributed by atoms with van der Waals surface area (Å²) >= 11 is 0. The van der Waals surface area contributed by atoms with E-state index in [4.69, 9.17) is 10.5 Å². The monoisotopic (exact) mass is 193 g/mol. The van der Waals surface area contributed by atoms with Gasteiger partial charge in [0.1, 0.15) is 0 Å². The topological polar surface area (TPSA) is 35.2 Å². The van der Waals surface area contributed by atoms with E-state index in [0.29, 0.717) is 0 Å². The van der Waals surface area contributed by atoms with Crippen molar-refractivity contribution in [1.82, 2.24) is 0 Å². The van der Waals surface area contributed by atoms with Crippen LogP contribution >= 0.6 is 0 Å². The first kappa shape index (κ1) is 11.2. The van der Waals surface area contributed by atoms with Gasteiger partial charge in [0.05, 0.1) is 0 Å². The van der Waals surface area contributed by atoms with Crippen LogP contribution in [-0.2, 0) is 10.3 Å². The zero-order valence-corrected chi connectivity index (χ0v) is 8.99. The molecule has 0 radical (unpaired) electrons. The largest absolute Gasteiger partial charge is 0.382 e. The average molecular weight is 193 g/mol. The third-order valence-corrected chi connectivity index (χ3v) is 2.40. The molecule has 14 heavy (non-hydrogen) atoms. The molecule has 1 aromatic carbocycles. The molecule has 0 aliphatic rings. The number of benzene rings is 1. The second-order valence-corrected chi connectivity index (χ2v) is 3.73. The van der Waals surface area contributed by atoms with Crippen molar-refractivity contribution >= 4 is 0 Å². The van der Waals surface area contributed by atoms with Gasteiger partial charge in [-0.25, -0.2) is 0 Å². The molecule has 1 aromatic rings. The van der Waals surface area contributed by atoms with Crippen LogP contribution in [0.3, 0.4) is 0 Å². The molecule has 0 spiro atoms. The van der Waals surface area contributed by atoms with Crippen LogP contribution in [0.2, 0.25) is 0 Å². The lowest BCUT2D eigenvalue weighted by Gasteiger charge is -2.24. The standard InChI is InChI=1S/C12H19NO/c1-3-14-10-9-12(2,13)11-7-5-4-6-8-11/h4-8H,3,9-10,13H2,1-2H3. The molecular formula is C12H19NO. The van der Waals surface area contributed by atoms with E-state index in [1.807, 2.05) is 32.0 Å². The third kappa shape index (κ3) is 3.13. The molecule has 0 heterocycles. The highest BCUT2D eigenvalue weighted by Crippen LogP contribution is 2.20. The molecule has 1 rings (SSSR count). The van der Waals surface area contributed by atoms with Crippen molar-refractivity contribution in [2.45, 2.75) is 25.8 Å². The first-order valence-electron chi connectivity index (χ1n) is 5.09. The summed E-state index contributed by atoms with van der Waals surface area (Å²) in [7, 11) is 0. The van der Waals surface area contributed by atoms with Gasteiger partial charge >= 0.3 is 0 Å². The van der Waals surface area contributed by atoms with Crippen LogP contribution in [0.1, 0.15) is 25.8 Å². The zero-order valence-electron chi connectivity index (χ0n) is 8.99. The second-order valence-electron chi connectivity index (χ2n) is 3.73. The summed E-state index contributed by atoms with van der Waals surface area (Å²) in [6.45, 7) is 5.51. The highest BCUT2D eigenvalue weighted by molar-refractivity contribution is 5.22. The van der Waals surface area contributed by atoms with Gasteiger partial charge in [0.2, 0.25) is 0 Å². The van der Waals surface area contributed by atoms with Gasteiger partial charge in [-0.1, -0.05) is 30.3 Å². The molecule has 1 unspecified atom stereocenters. The maximum atomic E-state index is 6.20. The number of nitrogens with two attached hydrogens (primary N) is 1. The third-order valence-electron chi connectivity index (χ3n) is 2.40. The molecule has 0 saturated carbocycles. The highest BCUT2D eigenvalue weighted by Gasteiger charge is 2.19. The van der Waals surface area contributed by atoms with E-state index in [0.717, 1.165) is 19.6 Å². The fourth-order valence-corrected chi connectivity index (χ4v) is 1.39. The molecule has 1 atom stereocenters. The van der Waals surface area contributed by atoms with Gasteiger partial charge in [-0.3, -0.25) is 0 Å². The first-order chi connectivity index (χ1) is 6.67. The second kappa shape index (κ2) is 5.13. The molecule has 0 aromatic heterocycles. The van der Waals surface area contributed by atoms with Crippen LogP contribution in [0, 0.1) is 0 Å². The Bertz CT molecular complexity index is 256. The predicted octanol–water partition coefficient (Wildman–Crippen LogP) is 2.29. The van der Waals surface area contributed by atoms with Gasteiger partial charge in [0.15, 0.2) is 0 Å². The van der Waals surface area contributed by atoms with Gasteiger partial charge in [-0.2, -0.15) is 0 Å². The summed E-state index contributed by atoms with van der Waals surface area (Å²) in [5.74, 6) is 0. The fourth-order valence-electron chi connectivity index (χ4n) is 1.39. The minimum Gasteiger partial charge on any atom is -0.382 e. The Kier molecular flexibility index (Phi) is 4.11.